The maximum Gasteiger partial charge on any atom is 0.0392 e. The summed E-state index contributed by atoms with van der Waals surface area (Å²) in [5.41, 5.74) is 6.32. The van der Waals surface area contributed by atoms with Crippen LogP contribution in [-0.4, -0.2) is 0 Å². The van der Waals surface area contributed by atoms with Gasteiger partial charge in [-0.15, -0.1) is 11.3 Å². The topological polar surface area (TPSA) is 26.0 Å². The molecule has 0 radical (unpaired) electrons. The second-order valence-electron chi connectivity index (χ2n) is 4.92. The van der Waals surface area contributed by atoms with Crippen LogP contribution in [0.15, 0.2) is 12.1 Å². The number of rotatable bonds is 8. The molecule has 0 saturated heterocycles. The average Bonchev–Trinajstić information content (AvgIpc) is 2.83. The fourth-order valence-electron chi connectivity index (χ4n) is 2.24. The molecule has 1 aromatic heterocycles. The van der Waals surface area contributed by atoms with Crippen molar-refractivity contribution in [3.8, 4) is 0 Å². The van der Waals surface area contributed by atoms with Gasteiger partial charge in [0.1, 0.15) is 0 Å². The van der Waals surface area contributed by atoms with E-state index in [1.165, 1.54) is 35.4 Å². The molecule has 0 bridgehead atoms. The Hall–Kier alpha value is -0.340. The molecular formula is C15H27NS. The van der Waals surface area contributed by atoms with Crippen LogP contribution in [0.1, 0.15) is 68.7 Å². The largest absolute Gasteiger partial charge is 0.323 e. The lowest BCUT2D eigenvalue weighted by Gasteiger charge is -2.18. The average molecular weight is 253 g/mol. The van der Waals surface area contributed by atoms with Crippen LogP contribution >= 0.6 is 11.3 Å². The molecule has 1 aromatic rings. The Labute approximate surface area is 110 Å². The van der Waals surface area contributed by atoms with Crippen LogP contribution in [-0.2, 0) is 6.42 Å². The van der Waals surface area contributed by atoms with Gasteiger partial charge in [-0.3, -0.25) is 0 Å². The second kappa shape index (κ2) is 7.88. The van der Waals surface area contributed by atoms with E-state index in [0.717, 1.165) is 18.8 Å². The molecule has 1 rings (SSSR count). The van der Waals surface area contributed by atoms with Crippen molar-refractivity contribution in [1.82, 2.24) is 0 Å². The Kier molecular flexibility index (Phi) is 6.83. The van der Waals surface area contributed by atoms with E-state index >= 15 is 0 Å². The minimum absolute atomic E-state index is 0.252. The minimum Gasteiger partial charge on any atom is -0.323 e. The summed E-state index contributed by atoms with van der Waals surface area (Å²) in [6, 6.07) is 4.70. The summed E-state index contributed by atoms with van der Waals surface area (Å²) >= 11 is 1.89. The van der Waals surface area contributed by atoms with E-state index in [2.05, 4.69) is 32.9 Å². The molecule has 0 spiro atoms. The van der Waals surface area contributed by atoms with E-state index in [0.29, 0.717) is 0 Å². The van der Waals surface area contributed by atoms with Crippen molar-refractivity contribution < 1.29 is 0 Å². The molecular weight excluding hydrogens is 226 g/mol. The van der Waals surface area contributed by atoms with Crippen LogP contribution in [0.25, 0.3) is 0 Å². The molecule has 1 nitrogen and oxygen atoms in total. The molecule has 0 saturated carbocycles. The second-order valence-corrected chi connectivity index (χ2v) is 6.12. The fraction of sp³-hybridized carbons (Fsp3) is 0.733. The maximum atomic E-state index is 6.32. The molecule has 2 N–H and O–H groups in total. The van der Waals surface area contributed by atoms with Gasteiger partial charge in [0.2, 0.25) is 0 Å². The Balaban J connectivity index is 2.48. The maximum absolute atomic E-state index is 6.32. The molecule has 0 fully saturated rings. The quantitative estimate of drug-likeness (QED) is 0.699. The Morgan fingerprint density at radius 2 is 2.00 bits per heavy atom. The summed E-state index contributed by atoms with van der Waals surface area (Å²) in [6.07, 6.45) is 7.53. The zero-order valence-corrected chi connectivity index (χ0v) is 12.4. The van der Waals surface area contributed by atoms with Crippen molar-refractivity contribution in [2.45, 2.75) is 65.3 Å². The summed E-state index contributed by atoms with van der Waals surface area (Å²) in [6.45, 7) is 6.76. The zero-order chi connectivity index (χ0) is 12.7. The highest BCUT2D eigenvalue weighted by Gasteiger charge is 2.14. The SMILES string of the molecule is CCCCC(CC)CC(N)c1ccc(CC)s1. The Morgan fingerprint density at radius 3 is 2.53 bits per heavy atom. The van der Waals surface area contributed by atoms with Crippen LogP contribution in [0.3, 0.4) is 0 Å². The summed E-state index contributed by atoms with van der Waals surface area (Å²) in [5.74, 6) is 0.803. The molecule has 17 heavy (non-hydrogen) atoms. The van der Waals surface area contributed by atoms with E-state index in [9.17, 15) is 0 Å². The van der Waals surface area contributed by atoms with Crippen molar-refractivity contribution in [3.63, 3.8) is 0 Å². The first-order chi connectivity index (χ1) is 8.21. The predicted octanol–water partition coefficient (Wildman–Crippen LogP) is 4.92. The van der Waals surface area contributed by atoms with Gasteiger partial charge in [0.05, 0.1) is 0 Å². The highest BCUT2D eigenvalue weighted by Crippen LogP contribution is 2.29. The fourth-order valence-corrected chi connectivity index (χ4v) is 3.21. The monoisotopic (exact) mass is 253 g/mol. The van der Waals surface area contributed by atoms with Gasteiger partial charge in [-0.05, 0) is 30.9 Å². The van der Waals surface area contributed by atoms with Crippen LogP contribution in [0.2, 0.25) is 0 Å². The van der Waals surface area contributed by atoms with Gasteiger partial charge in [0.15, 0.2) is 0 Å². The van der Waals surface area contributed by atoms with Crippen LogP contribution in [0.4, 0.5) is 0 Å². The number of unbranched alkanes of at least 4 members (excludes halogenated alkanes) is 1. The highest BCUT2D eigenvalue weighted by atomic mass is 32.1. The molecule has 0 aromatic carbocycles. The first-order valence-corrected chi connectivity index (χ1v) is 7.87. The van der Waals surface area contributed by atoms with E-state index in [1.54, 1.807) is 0 Å². The zero-order valence-electron chi connectivity index (χ0n) is 11.5. The van der Waals surface area contributed by atoms with Gasteiger partial charge in [0, 0.05) is 15.8 Å². The third-order valence-corrected chi connectivity index (χ3v) is 4.89. The molecule has 0 aliphatic heterocycles. The number of hydrogen-bond donors (Lipinski definition) is 1. The molecule has 98 valence electrons. The number of thiophene rings is 1. The van der Waals surface area contributed by atoms with Crippen molar-refractivity contribution in [2.24, 2.45) is 11.7 Å². The Bertz CT molecular complexity index is 306. The highest BCUT2D eigenvalue weighted by molar-refractivity contribution is 7.12. The first-order valence-electron chi connectivity index (χ1n) is 7.05. The summed E-state index contributed by atoms with van der Waals surface area (Å²) in [4.78, 5) is 2.83. The van der Waals surface area contributed by atoms with Crippen LogP contribution < -0.4 is 5.73 Å². The summed E-state index contributed by atoms with van der Waals surface area (Å²) in [7, 11) is 0. The molecule has 1 heterocycles. The van der Waals surface area contributed by atoms with E-state index in [1.807, 2.05) is 11.3 Å². The molecule has 2 atom stereocenters. The van der Waals surface area contributed by atoms with Crippen molar-refractivity contribution in [3.05, 3.63) is 21.9 Å². The van der Waals surface area contributed by atoms with Crippen LogP contribution in [0.5, 0.6) is 0 Å². The van der Waals surface area contributed by atoms with Gasteiger partial charge in [-0.1, -0.05) is 46.5 Å². The first kappa shape index (κ1) is 14.7. The third-order valence-electron chi connectivity index (χ3n) is 3.53. The van der Waals surface area contributed by atoms with Crippen LogP contribution in [0, 0.1) is 5.92 Å². The smallest absolute Gasteiger partial charge is 0.0392 e. The van der Waals surface area contributed by atoms with E-state index in [4.69, 9.17) is 5.73 Å². The lowest BCUT2D eigenvalue weighted by Crippen LogP contribution is -2.14. The minimum atomic E-state index is 0.252. The number of hydrogen-bond acceptors (Lipinski definition) is 2. The number of aryl methyl sites for hydroxylation is 1. The lowest BCUT2D eigenvalue weighted by atomic mass is 9.92. The molecule has 0 aliphatic rings. The van der Waals surface area contributed by atoms with Gasteiger partial charge < -0.3 is 5.73 Å². The summed E-state index contributed by atoms with van der Waals surface area (Å²) in [5, 5.41) is 0. The normalized spacial score (nSPS) is 14.8. The molecule has 0 aliphatic carbocycles. The molecule has 2 heteroatoms. The lowest BCUT2D eigenvalue weighted by molar-refractivity contribution is 0.390. The van der Waals surface area contributed by atoms with Gasteiger partial charge in [0.25, 0.3) is 0 Å². The third kappa shape index (κ3) is 4.81. The van der Waals surface area contributed by atoms with Gasteiger partial charge >= 0.3 is 0 Å². The standard InChI is InChI=1S/C15H27NS/c1-4-7-8-12(5-2)11-14(16)15-10-9-13(6-3)17-15/h9-10,12,14H,4-8,11,16H2,1-3H3. The van der Waals surface area contributed by atoms with Crippen molar-refractivity contribution in [1.29, 1.82) is 0 Å². The molecule has 0 amide bonds. The number of nitrogens with two attached hydrogens (primary N) is 1. The van der Waals surface area contributed by atoms with E-state index < -0.39 is 0 Å². The van der Waals surface area contributed by atoms with Gasteiger partial charge in [-0.2, -0.15) is 0 Å². The van der Waals surface area contributed by atoms with Gasteiger partial charge in [-0.25, -0.2) is 0 Å². The summed E-state index contributed by atoms with van der Waals surface area (Å²) < 4.78 is 0. The molecule has 2 unspecified atom stereocenters. The predicted molar refractivity (Wildman–Crippen MR) is 78.5 cm³/mol. The Morgan fingerprint density at radius 1 is 1.24 bits per heavy atom. The van der Waals surface area contributed by atoms with Crippen molar-refractivity contribution >= 4 is 11.3 Å². The van der Waals surface area contributed by atoms with Crippen molar-refractivity contribution in [2.75, 3.05) is 0 Å². The van der Waals surface area contributed by atoms with E-state index in [-0.39, 0.29) is 6.04 Å².